The monoisotopic (exact) mass is 340 g/mol. The minimum atomic E-state index is -0.193. The fourth-order valence-electron chi connectivity index (χ4n) is 3.49. The fraction of sp³-hybridized carbons (Fsp3) is 0.429. The molecular formula is C21H25FN2O. The van der Waals surface area contributed by atoms with Crippen molar-refractivity contribution in [3.8, 4) is 0 Å². The second-order valence-corrected chi connectivity index (χ2v) is 6.81. The highest BCUT2D eigenvalue weighted by Crippen LogP contribution is 2.23. The molecule has 3 nitrogen and oxygen atoms in total. The molecule has 0 spiro atoms. The molecule has 0 N–H and O–H groups in total. The molecule has 1 amide bonds. The Morgan fingerprint density at radius 1 is 1.28 bits per heavy atom. The van der Waals surface area contributed by atoms with Gasteiger partial charge < -0.3 is 4.90 Å². The van der Waals surface area contributed by atoms with Gasteiger partial charge in [0.15, 0.2) is 0 Å². The van der Waals surface area contributed by atoms with Crippen molar-refractivity contribution in [3.05, 3.63) is 65.2 Å². The lowest BCUT2D eigenvalue weighted by atomic mass is 9.91. The number of likely N-dealkylation sites (tertiary alicyclic amines) is 1. The standard InChI is InChI=1S/C21H25FN2O/c1-2-20-14-18(11-12-23-20)21(25)24-13-3-4-17(15-24)6-5-16-7-9-19(22)10-8-16/h7-12,14,17H,2-6,13,15H2,1H3/t17-/m1/s1. The van der Waals surface area contributed by atoms with Crippen LogP contribution in [0, 0.1) is 11.7 Å². The van der Waals surface area contributed by atoms with E-state index < -0.39 is 0 Å². The Morgan fingerprint density at radius 2 is 2.08 bits per heavy atom. The maximum atomic E-state index is 13.0. The topological polar surface area (TPSA) is 33.2 Å². The zero-order valence-electron chi connectivity index (χ0n) is 14.7. The van der Waals surface area contributed by atoms with Gasteiger partial charge in [-0.15, -0.1) is 0 Å². The average molecular weight is 340 g/mol. The van der Waals surface area contributed by atoms with Gasteiger partial charge in [0.25, 0.3) is 5.91 Å². The first-order chi connectivity index (χ1) is 12.2. The van der Waals surface area contributed by atoms with Gasteiger partial charge >= 0.3 is 0 Å². The summed E-state index contributed by atoms with van der Waals surface area (Å²) >= 11 is 0. The summed E-state index contributed by atoms with van der Waals surface area (Å²) < 4.78 is 13.0. The first-order valence-electron chi connectivity index (χ1n) is 9.14. The summed E-state index contributed by atoms with van der Waals surface area (Å²) in [6.07, 6.45) is 6.73. The molecule has 1 fully saturated rings. The Labute approximate surface area is 148 Å². The molecule has 1 aliphatic heterocycles. The minimum absolute atomic E-state index is 0.114. The van der Waals surface area contributed by atoms with E-state index in [1.54, 1.807) is 6.20 Å². The lowest BCUT2D eigenvalue weighted by molar-refractivity contribution is 0.0668. The average Bonchev–Trinajstić information content (AvgIpc) is 2.67. The summed E-state index contributed by atoms with van der Waals surface area (Å²) in [7, 11) is 0. The van der Waals surface area contributed by atoms with E-state index in [0.29, 0.717) is 5.92 Å². The van der Waals surface area contributed by atoms with Gasteiger partial charge in [-0.05, 0) is 67.9 Å². The number of aromatic nitrogens is 1. The van der Waals surface area contributed by atoms with Gasteiger partial charge in [-0.2, -0.15) is 0 Å². The number of hydrogen-bond donors (Lipinski definition) is 0. The molecule has 1 aliphatic rings. The van der Waals surface area contributed by atoms with E-state index in [1.807, 2.05) is 36.1 Å². The largest absolute Gasteiger partial charge is 0.338 e. The van der Waals surface area contributed by atoms with E-state index in [1.165, 1.54) is 12.1 Å². The summed E-state index contributed by atoms with van der Waals surface area (Å²) in [6.45, 7) is 3.68. The molecule has 1 aromatic heterocycles. The van der Waals surface area contributed by atoms with Crippen molar-refractivity contribution in [1.29, 1.82) is 0 Å². The Hall–Kier alpha value is -2.23. The molecule has 2 aromatic rings. The number of pyridine rings is 1. The number of carbonyl (C=O) groups is 1. The van der Waals surface area contributed by atoms with E-state index in [-0.39, 0.29) is 11.7 Å². The van der Waals surface area contributed by atoms with Crippen molar-refractivity contribution in [1.82, 2.24) is 9.88 Å². The minimum Gasteiger partial charge on any atom is -0.338 e. The van der Waals surface area contributed by atoms with E-state index in [2.05, 4.69) is 4.98 Å². The smallest absolute Gasteiger partial charge is 0.253 e. The van der Waals surface area contributed by atoms with Crippen molar-refractivity contribution in [2.75, 3.05) is 13.1 Å². The molecule has 1 aromatic carbocycles. The van der Waals surface area contributed by atoms with Gasteiger partial charge in [-0.1, -0.05) is 19.1 Å². The second kappa shape index (κ2) is 8.24. The summed E-state index contributed by atoms with van der Waals surface area (Å²) in [6, 6.07) is 10.4. The van der Waals surface area contributed by atoms with Crippen molar-refractivity contribution in [2.24, 2.45) is 5.92 Å². The summed E-state index contributed by atoms with van der Waals surface area (Å²) in [4.78, 5) is 19.0. The van der Waals surface area contributed by atoms with Gasteiger partial charge in [0.1, 0.15) is 5.82 Å². The SMILES string of the molecule is CCc1cc(C(=O)N2CCC[C@H](CCc3ccc(F)cc3)C2)ccn1. The highest BCUT2D eigenvalue weighted by atomic mass is 19.1. The quantitative estimate of drug-likeness (QED) is 0.814. The second-order valence-electron chi connectivity index (χ2n) is 6.81. The van der Waals surface area contributed by atoms with Gasteiger partial charge in [-0.3, -0.25) is 9.78 Å². The summed E-state index contributed by atoms with van der Waals surface area (Å²) in [5.41, 5.74) is 2.85. The number of piperidine rings is 1. The molecule has 25 heavy (non-hydrogen) atoms. The van der Waals surface area contributed by atoms with Crippen LogP contribution in [0.1, 0.15) is 47.8 Å². The van der Waals surface area contributed by atoms with Crippen molar-refractivity contribution in [3.63, 3.8) is 0 Å². The van der Waals surface area contributed by atoms with Crippen molar-refractivity contribution >= 4 is 5.91 Å². The number of nitrogens with zero attached hydrogens (tertiary/aromatic N) is 2. The molecule has 0 aliphatic carbocycles. The zero-order valence-corrected chi connectivity index (χ0v) is 14.7. The first kappa shape index (κ1) is 17.6. The Morgan fingerprint density at radius 3 is 2.84 bits per heavy atom. The van der Waals surface area contributed by atoms with Crippen molar-refractivity contribution in [2.45, 2.75) is 39.0 Å². The molecule has 0 radical (unpaired) electrons. The molecule has 0 bridgehead atoms. The highest BCUT2D eigenvalue weighted by molar-refractivity contribution is 5.94. The molecular weight excluding hydrogens is 315 g/mol. The van der Waals surface area contributed by atoms with Gasteiger partial charge in [0.05, 0.1) is 0 Å². The molecule has 1 saturated heterocycles. The number of amides is 1. The third kappa shape index (κ3) is 4.65. The van der Waals surface area contributed by atoms with E-state index in [4.69, 9.17) is 0 Å². The lowest BCUT2D eigenvalue weighted by Crippen LogP contribution is -2.40. The van der Waals surface area contributed by atoms with Crippen LogP contribution in [-0.2, 0) is 12.8 Å². The Bertz CT molecular complexity index is 714. The lowest BCUT2D eigenvalue weighted by Gasteiger charge is -2.33. The highest BCUT2D eigenvalue weighted by Gasteiger charge is 2.24. The van der Waals surface area contributed by atoms with E-state index in [0.717, 1.165) is 62.0 Å². The fourth-order valence-corrected chi connectivity index (χ4v) is 3.49. The number of carbonyl (C=O) groups excluding carboxylic acids is 1. The third-order valence-corrected chi connectivity index (χ3v) is 4.99. The normalized spacial score (nSPS) is 17.5. The molecule has 132 valence electrons. The molecule has 0 unspecified atom stereocenters. The first-order valence-corrected chi connectivity index (χ1v) is 9.14. The van der Waals surface area contributed by atoms with Crippen LogP contribution in [0.15, 0.2) is 42.6 Å². The molecule has 4 heteroatoms. The molecule has 2 heterocycles. The summed E-state index contributed by atoms with van der Waals surface area (Å²) in [5.74, 6) is 0.431. The van der Waals surface area contributed by atoms with Crippen LogP contribution in [0.2, 0.25) is 0 Å². The van der Waals surface area contributed by atoms with Crippen LogP contribution >= 0.6 is 0 Å². The zero-order chi connectivity index (χ0) is 17.6. The predicted molar refractivity (Wildman–Crippen MR) is 97.0 cm³/mol. The predicted octanol–water partition coefficient (Wildman–Crippen LogP) is 4.27. The number of hydrogen-bond acceptors (Lipinski definition) is 2. The third-order valence-electron chi connectivity index (χ3n) is 4.99. The number of benzene rings is 1. The van der Waals surface area contributed by atoms with Gasteiger partial charge in [0, 0.05) is 30.5 Å². The van der Waals surface area contributed by atoms with Crippen LogP contribution in [0.3, 0.4) is 0 Å². The maximum absolute atomic E-state index is 13.0. The number of aryl methyl sites for hydroxylation is 2. The number of halogens is 1. The van der Waals surface area contributed by atoms with Crippen LogP contribution < -0.4 is 0 Å². The van der Waals surface area contributed by atoms with E-state index in [9.17, 15) is 9.18 Å². The molecule has 1 atom stereocenters. The Balaban J connectivity index is 1.58. The number of rotatable bonds is 5. The van der Waals surface area contributed by atoms with Crippen molar-refractivity contribution < 1.29 is 9.18 Å². The van der Waals surface area contributed by atoms with Gasteiger partial charge in [0.2, 0.25) is 0 Å². The molecule has 3 rings (SSSR count). The van der Waals surface area contributed by atoms with Crippen LogP contribution in [0.5, 0.6) is 0 Å². The van der Waals surface area contributed by atoms with Crippen LogP contribution in [-0.4, -0.2) is 28.9 Å². The maximum Gasteiger partial charge on any atom is 0.253 e. The van der Waals surface area contributed by atoms with Crippen LogP contribution in [0.25, 0.3) is 0 Å². The Kier molecular flexibility index (Phi) is 5.79. The molecule has 0 saturated carbocycles. The summed E-state index contributed by atoms with van der Waals surface area (Å²) in [5, 5.41) is 0. The van der Waals surface area contributed by atoms with Gasteiger partial charge in [-0.25, -0.2) is 4.39 Å². The van der Waals surface area contributed by atoms with Crippen LogP contribution in [0.4, 0.5) is 4.39 Å². The van der Waals surface area contributed by atoms with E-state index >= 15 is 0 Å².